The molecule has 1 aromatic carbocycles. The number of hydrogen-bond acceptors (Lipinski definition) is 2. The molecule has 1 rings (SSSR count). The molecule has 6 heteroatoms. The topological polar surface area (TPSA) is 43.1 Å². The number of benzene rings is 1. The van der Waals surface area contributed by atoms with Crippen LogP contribution in [-0.4, -0.2) is 4.92 Å². The molecule has 0 saturated heterocycles. The molecule has 0 N–H and O–H groups in total. The van der Waals surface area contributed by atoms with Gasteiger partial charge in [0.2, 0.25) is 0 Å². The van der Waals surface area contributed by atoms with Gasteiger partial charge in [-0.25, -0.2) is 4.39 Å². The SMILES string of the molecule is Cc1c(F)c(I)c(Br)c(C)c1[N+](=O)[O-]. The molecule has 0 saturated carbocycles. The van der Waals surface area contributed by atoms with Crippen LogP contribution < -0.4 is 0 Å². The van der Waals surface area contributed by atoms with Gasteiger partial charge in [0.15, 0.2) is 0 Å². The molecule has 0 bridgehead atoms. The van der Waals surface area contributed by atoms with Gasteiger partial charge in [-0.15, -0.1) is 0 Å². The highest BCUT2D eigenvalue weighted by atomic mass is 127. The smallest absolute Gasteiger partial charge is 0.258 e. The fourth-order valence-electron chi connectivity index (χ4n) is 1.19. The maximum atomic E-state index is 13.5. The molecule has 0 spiro atoms. The third kappa shape index (κ3) is 1.77. The minimum atomic E-state index is -0.561. The Kier molecular flexibility index (Phi) is 3.46. The van der Waals surface area contributed by atoms with Crippen LogP contribution in [0.25, 0.3) is 0 Å². The molecule has 76 valence electrons. The number of rotatable bonds is 1. The highest BCUT2D eigenvalue weighted by Crippen LogP contribution is 2.35. The summed E-state index contributed by atoms with van der Waals surface area (Å²) in [6.45, 7) is 3.01. The summed E-state index contributed by atoms with van der Waals surface area (Å²) in [4.78, 5) is 10.1. The first-order chi connectivity index (χ1) is 6.37. The Hall–Kier alpha value is -0.240. The van der Waals surface area contributed by atoms with Crippen molar-refractivity contribution in [3.8, 4) is 0 Å². The maximum Gasteiger partial charge on any atom is 0.279 e. The van der Waals surface area contributed by atoms with Crippen molar-refractivity contribution in [2.45, 2.75) is 13.8 Å². The first-order valence-corrected chi connectivity index (χ1v) is 5.53. The van der Waals surface area contributed by atoms with E-state index in [1.54, 1.807) is 6.92 Å². The van der Waals surface area contributed by atoms with E-state index in [1.165, 1.54) is 6.92 Å². The second kappa shape index (κ2) is 4.09. The van der Waals surface area contributed by atoms with Crippen molar-refractivity contribution in [2.75, 3.05) is 0 Å². The summed E-state index contributed by atoms with van der Waals surface area (Å²) >= 11 is 4.95. The predicted molar refractivity (Wildman–Crippen MR) is 62.9 cm³/mol. The fourth-order valence-corrected chi connectivity index (χ4v) is 2.36. The molecule has 0 atom stereocenters. The molecule has 0 amide bonds. The van der Waals surface area contributed by atoms with Gasteiger partial charge in [0.25, 0.3) is 5.69 Å². The highest BCUT2D eigenvalue weighted by Gasteiger charge is 2.24. The van der Waals surface area contributed by atoms with Gasteiger partial charge in [-0.3, -0.25) is 10.1 Å². The Morgan fingerprint density at radius 3 is 2.36 bits per heavy atom. The largest absolute Gasteiger partial charge is 0.279 e. The molecule has 0 aromatic heterocycles. The molecular weight excluding hydrogens is 368 g/mol. The zero-order valence-electron chi connectivity index (χ0n) is 7.40. The lowest BCUT2D eigenvalue weighted by atomic mass is 10.1. The van der Waals surface area contributed by atoms with E-state index in [1.807, 2.05) is 22.6 Å². The molecule has 14 heavy (non-hydrogen) atoms. The zero-order chi connectivity index (χ0) is 11.0. The van der Waals surface area contributed by atoms with Crippen molar-refractivity contribution < 1.29 is 9.31 Å². The van der Waals surface area contributed by atoms with Crippen molar-refractivity contribution in [1.82, 2.24) is 0 Å². The number of hydrogen-bond donors (Lipinski definition) is 0. The summed E-state index contributed by atoms with van der Waals surface area (Å²) in [5, 5.41) is 10.7. The third-order valence-electron chi connectivity index (χ3n) is 1.94. The summed E-state index contributed by atoms with van der Waals surface area (Å²) in [5.41, 5.74) is 0.383. The Morgan fingerprint density at radius 1 is 1.43 bits per heavy atom. The van der Waals surface area contributed by atoms with Gasteiger partial charge >= 0.3 is 0 Å². The molecule has 0 radical (unpaired) electrons. The van der Waals surface area contributed by atoms with Crippen molar-refractivity contribution in [3.05, 3.63) is 35.1 Å². The molecular formula is C8H6BrFINO2. The first kappa shape index (κ1) is 11.8. The van der Waals surface area contributed by atoms with Gasteiger partial charge in [0.1, 0.15) is 5.82 Å². The summed E-state index contributed by atoms with van der Waals surface area (Å²) in [7, 11) is 0. The van der Waals surface area contributed by atoms with Crippen LogP contribution >= 0.6 is 38.5 Å². The van der Waals surface area contributed by atoms with Crippen molar-refractivity contribution in [2.24, 2.45) is 0 Å². The summed E-state index contributed by atoms with van der Waals surface area (Å²) < 4.78 is 14.3. The van der Waals surface area contributed by atoms with Crippen molar-refractivity contribution in [1.29, 1.82) is 0 Å². The molecule has 3 nitrogen and oxygen atoms in total. The monoisotopic (exact) mass is 373 g/mol. The van der Waals surface area contributed by atoms with E-state index >= 15 is 0 Å². The first-order valence-electron chi connectivity index (χ1n) is 3.66. The van der Waals surface area contributed by atoms with Crippen LogP contribution in [-0.2, 0) is 0 Å². The second-order valence-corrected chi connectivity index (χ2v) is 4.67. The van der Waals surface area contributed by atoms with Crippen LogP contribution in [0.15, 0.2) is 4.47 Å². The number of nitro groups is 1. The standard InChI is InChI=1S/C8H6BrFINO2/c1-3-5(9)7(11)6(10)4(2)8(3)12(13)14/h1-2H3. The number of nitro benzene ring substituents is 1. The van der Waals surface area contributed by atoms with Crippen LogP contribution in [0.2, 0.25) is 0 Å². The molecule has 0 unspecified atom stereocenters. The van der Waals surface area contributed by atoms with Gasteiger partial charge in [0.05, 0.1) is 14.1 Å². The summed E-state index contributed by atoms with van der Waals surface area (Å²) in [5.74, 6) is -0.533. The fraction of sp³-hybridized carbons (Fsp3) is 0.250. The maximum absolute atomic E-state index is 13.5. The average Bonchev–Trinajstić information content (AvgIpc) is 2.11. The Morgan fingerprint density at radius 2 is 1.93 bits per heavy atom. The third-order valence-corrected chi connectivity index (χ3v) is 4.68. The van der Waals surface area contributed by atoms with E-state index in [2.05, 4.69) is 15.9 Å². The van der Waals surface area contributed by atoms with Gasteiger partial charge in [-0.2, -0.15) is 0 Å². The van der Waals surface area contributed by atoms with Crippen LogP contribution in [0.5, 0.6) is 0 Å². The van der Waals surface area contributed by atoms with Crippen LogP contribution in [0.4, 0.5) is 10.1 Å². The normalized spacial score (nSPS) is 10.4. The lowest BCUT2D eigenvalue weighted by molar-refractivity contribution is -0.386. The van der Waals surface area contributed by atoms with E-state index < -0.39 is 10.7 Å². The van der Waals surface area contributed by atoms with E-state index in [4.69, 9.17) is 0 Å². The predicted octanol–water partition coefficient (Wildman–Crippen LogP) is 3.72. The number of nitrogens with zero attached hydrogens (tertiary/aromatic N) is 1. The van der Waals surface area contributed by atoms with Crippen LogP contribution in [0.1, 0.15) is 11.1 Å². The van der Waals surface area contributed by atoms with Crippen molar-refractivity contribution >= 4 is 44.2 Å². The number of halogens is 3. The van der Waals surface area contributed by atoms with E-state index in [0.29, 0.717) is 13.6 Å². The van der Waals surface area contributed by atoms with Crippen molar-refractivity contribution in [3.63, 3.8) is 0 Å². The van der Waals surface area contributed by atoms with E-state index in [-0.39, 0.29) is 11.3 Å². The Labute approximate surface area is 102 Å². The molecule has 1 aromatic rings. The molecule has 0 fully saturated rings. The zero-order valence-corrected chi connectivity index (χ0v) is 11.1. The van der Waals surface area contributed by atoms with Gasteiger partial charge in [0, 0.05) is 10.0 Å². The van der Waals surface area contributed by atoms with E-state index in [9.17, 15) is 14.5 Å². The Bertz CT molecular complexity index is 393. The molecule has 0 aliphatic carbocycles. The van der Waals surface area contributed by atoms with Gasteiger partial charge < -0.3 is 0 Å². The minimum absolute atomic E-state index is 0.0834. The lowest BCUT2D eigenvalue weighted by Gasteiger charge is -2.07. The summed E-state index contributed by atoms with van der Waals surface area (Å²) in [6, 6.07) is 0. The quantitative estimate of drug-likeness (QED) is 0.326. The second-order valence-electron chi connectivity index (χ2n) is 2.80. The van der Waals surface area contributed by atoms with E-state index in [0.717, 1.165) is 0 Å². The molecule has 0 aliphatic heterocycles. The summed E-state index contributed by atoms with van der Waals surface area (Å²) in [6.07, 6.45) is 0. The molecule has 0 aliphatic rings. The lowest BCUT2D eigenvalue weighted by Crippen LogP contribution is -2.01. The van der Waals surface area contributed by atoms with Crippen LogP contribution in [0.3, 0.4) is 0 Å². The minimum Gasteiger partial charge on any atom is -0.258 e. The highest BCUT2D eigenvalue weighted by molar-refractivity contribution is 14.1. The average molecular weight is 374 g/mol. The Balaban J connectivity index is 3.68. The van der Waals surface area contributed by atoms with Gasteiger partial charge in [-0.05, 0) is 52.4 Å². The van der Waals surface area contributed by atoms with Crippen LogP contribution in [0, 0.1) is 33.3 Å². The van der Waals surface area contributed by atoms with Gasteiger partial charge in [-0.1, -0.05) is 0 Å². The molecule has 0 heterocycles.